The molecule has 1 aromatic rings. The second-order valence-electron chi connectivity index (χ2n) is 4.63. The molecule has 0 aromatic heterocycles. The number of rotatable bonds is 2. The van der Waals surface area contributed by atoms with Crippen LogP contribution in [0.15, 0.2) is 18.2 Å². The molecule has 21 heavy (non-hydrogen) atoms. The van der Waals surface area contributed by atoms with Gasteiger partial charge in [-0.2, -0.15) is 11.8 Å². The lowest BCUT2D eigenvalue weighted by molar-refractivity contribution is -0.384. The van der Waals surface area contributed by atoms with E-state index in [1.165, 1.54) is 17.0 Å². The van der Waals surface area contributed by atoms with Gasteiger partial charge in [0.05, 0.1) is 15.6 Å². The highest BCUT2D eigenvalue weighted by atomic mass is 35.5. The summed E-state index contributed by atoms with van der Waals surface area (Å²) < 4.78 is 0. The van der Waals surface area contributed by atoms with Crippen molar-refractivity contribution in [3.05, 3.63) is 33.3 Å². The van der Waals surface area contributed by atoms with Gasteiger partial charge in [0, 0.05) is 30.2 Å². The number of benzene rings is 1. The van der Waals surface area contributed by atoms with Gasteiger partial charge in [-0.1, -0.05) is 11.6 Å². The number of hydrogen-bond acceptors (Lipinski definition) is 5. The Hall–Kier alpha value is -1.80. The number of nitro benzene ring substituents is 1. The monoisotopic (exact) mass is 327 g/mol. The van der Waals surface area contributed by atoms with Crippen molar-refractivity contribution in [2.75, 3.05) is 23.0 Å². The molecule has 1 atom stereocenters. The Morgan fingerprint density at radius 3 is 2.76 bits per heavy atom. The van der Waals surface area contributed by atoms with Crippen LogP contribution in [0.4, 0.5) is 16.2 Å². The van der Waals surface area contributed by atoms with Crippen molar-refractivity contribution >= 4 is 46.7 Å². The number of hydrogen-bond donors (Lipinski definition) is 0. The minimum atomic E-state index is -0.580. The first-order valence-corrected chi connectivity index (χ1v) is 7.70. The third-order valence-corrected chi connectivity index (χ3v) is 4.78. The largest absolute Gasteiger partial charge is 0.332 e. The van der Waals surface area contributed by atoms with Crippen LogP contribution in [0.25, 0.3) is 0 Å². The minimum Gasteiger partial charge on any atom is -0.310 e. The molecule has 2 aliphatic rings. The Morgan fingerprint density at radius 1 is 1.38 bits per heavy atom. The molecule has 7 nitrogen and oxygen atoms in total. The van der Waals surface area contributed by atoms with Crippen LogP contribution in [0.1, 0.15) is 0 Å². The summed E-state index contributed by atoms with van der Waals surface area (Å²) in [5, 5.41) is 10.7. The van der Waals surface area contributed by atoms with E-state index in [1.807, 2.05) is 0 Å². The molecule has 110 valence electrons. The fourth-order valence-electron chi connectivity index (χ4n) is 2.42. The zero-order chi connectivity index (χ0) is 15.1. The van der Waals surface area contributed by atoms with Gasteiger partial charge in [0.2, 0.25) is 0 Å². The number of thioether (sulfide) groups is 1. The van der Waals surface area contributed by atoms with E-state index in [1.54, 1.807) is 11.8 Å². The molecule has 0 saturated carbocycles. The van der Waals surface area contributed by atoms with Crippen molar-refractivity contribution in [2.45, 2.75) is 6.04 Å². The molecule has 2 saturated heterocycles. The molecule has 2 fully saturated rings. The van der Waals surface area contributed by atoms with Crippen LogP contribution in [0.5, 0.6) is 0 Å². The Balaban J connectivity index is 1.98. The van der Waals surface area contributed by atoms with Crippen molar-refractivity contribution in [3.8, 4) is 0 Å². The van der Waals surface area contributed by atoms with Crippen molar-refractivity contribution in [1.29, 1.82) is 0 Å². The number of nitro groups is 1. The summed E-state index contributed by atoms with van der Waals surface area (Å²) >= 11 is 7.63. The Kier molecular flexibility index (Phi) is 3.50. The smallest absolute Gasteiger partial charge is 0.310 e. The van der Waals surface area contributed by atoms with Crippen molar-refractivity contribution in [3.63, 3.8) is 0 Å². The molecule has 9 heteroatoms. The summed E-state index contributed by atoms with van der Waals surface area (Å²) in [6, 6.07) is 2.82. The lowest BCUT2D eigenvalue weighted by atomic mass is 10.2. The predicted octanol–water partition coefficient (Wildman–Crippen LogP) is 2.13. The van der Waals surface area contributed by atoms with E-state index < -0.39 is 17.0 Å². The second kappa shape index (κ2) is 5.19. The average Bonchev–Trinajstić information content (AvgIpc) is 2.72. The first-order chi connectivity index (χ1) is 10.0. The lowest BCUT2D eigenvalue weighted by Gasteiger charge is -2.25. The molecule has 0 N–H and O–H groups in total. The molecule has 1 aromatic carbocycles. The zero-order valence-corrected chi connectivity index (χ0v) is 12.3. The number of carbonyl (C=O) groups is 2. The van der Waals surface area contributed by atoms with E-state index in [9.17, 15) is 19.7 Å². The third-order valence-electron chi connectivity index (χ3n) is 3.45. The highest BCUT2D eigenvalue weighted by Gasteiger charge is 2.47. The number of urea groups is 1. The maximum atomic E-state index is 12.4. The van der Waals surface area contributed by atoms with Crippen LogP contribution in [0, 0.1) is 10.1 Å². The maximum absolute atomic E-state index is 12.4. The predicted molar refractivity (Wildman–Crippen MR) is 78.8 cm³/mol. The first kappa shape index (κ1) is 14.2. The topological polar surface area (TPSA) is 83.8 Å². The van der Waals surface area contributed by atoms with Crippen molar-refractivity contribution in [1.82, 2.24) is 4.90 Å². The number of halogens is 1. The molecule has 0 aliphatic carbocycles. The summed E-state index contributed by atoms with van der Waals surface area (Å²) in [7, 11) is 0. The molecule has 3 rings (SSSR count). The lowest BCUT2D eigenvalue weighted by Crippen LogP contribution is -2.41. The van der Waals surface area contributed by atoms with Crippen molar-refractivity contribution < 1.29 is 14.5 Å². The van der Waals surface area contributed by atoms with Gasteiger partial charge < -0.3 is 4.90 Å². The number of nitrogens with zero attached hydrogens (tertiary/aromatic N) is 3. The molecule has 0 bridgehead atoms. The standard InChI is InChI=1S/C12H10ClN3O4S/c13-8-5-7(16(19)20)1-2-9(8)15-11(17)10-6-21-4-3-14(10)12(15)18/h1-2,5,10H,3-4,6H2. The van der Waals surface area contributed by atoms with Crippen LogP contribution >= 0.6 is 23.4 Å². The number of non-ortho nitro benzene ring substituents is 1. The highest BCUT2D eigenvalue weighted by Crippen LogP contribution is 2.35. The fourth-order valence-corrected chi connectivity index (χ4v) is 3.72. The number of fused-ring (bicyclic) bond motifs is 1. The minimum absolute atomic E-state index is 0.0124. The molecule has 1 unspecified atom stereocenters. The molecule has 2 aliphatic heterocycles. The summed E-state index contributed by atoms with van der Waals surface area (Å²) in [4.78, 5) is 37.4. The SMILES string of the molecule is O=C1C2CSCCN2C(=O)N1c1ccc([N+](=O)[O-])cc1Cl. The summed E-state index contributed by atoms with van der Waals surface area (Å²) in [5.41, 5.74) is 0.00721. The highest BCUT2D eigenvalue weighted by molar-refractivity contribution is 7.99. The van der Waals surface area contributed by atoms with Gasteiger partial charge >= 0.3 is 6.03 Å². The van der Waals surface area contributed by atoms with Gasteiger partial charge in [-0.25, -0.2) is 9.69 Å². The first-order valence-electron chi connectivity index (χ1n) is 6.17. The van der Waals surface area contributed by atoms with Crippen LogP contribution in [0.2, 0.25) is 5.02 Å². The fraction of sp³-hybridized carbons (Fsp3) is 0.333. The normalized spacial score (nSPS) is 21.7. The third kappa shape index (κ3) is 2.24. The number of carbonyl (C=O) groups excluding carboxylic acids is 2. The Bertz CT molecular complexity index is 629. The maximum Gasteiger partial charge on any atom is 0.332 e. The van der Waals surface area contributed by atoms with Gasteiger partial charge in [-0.3, -0.25) is 14.9 Å². The molecular weight excluding hydrogens is 318 g/mol. The van der Waals surface area contributed by atoms with Crippen LogP contribution in [-0.2, 0) is 4.79 Å². The van der Waals surface area contributed by atoms with Gasteiger partial charge in [-0.15, -0.1) is 0 Å². The zero-order valence-electron chi connectivity index (χ0n) is 10.7. The molecule has 3 amide bonds. The van der Waals surface area contributed by atoms with Gasteiger partial charge in [0.25, 0.3) is 11.6 Å². The molecule has 0 radical (unpaired) electrons. The molecule has 2 heterocycles. The molecular formula is C12H10ClN3O4S. The van der Waals surface area contributed by atoms with E-state index in [2.05, 4.69) is 0 Å². The molecule has 0 spiro atoms. The van der Waals surface area contributed by atoms with E-state index in [-0.39, 0.29) is 22.3 Å². The Labute approximate surface area is 129 Å². The average molecular weight is 328 g/mol. The van der Waals surface area contributed by atoms with E-state index in [4.69, 9.17) is 11.6 Å². The van der Waals surface area contributed by atoms with Crippen molar-refractivity contribution in [2.24, 2.45) is 0 Å². The second-order valence-corrected chi connectivity index (χ2v) is 6.19. The summed E-state index contributed by atoms with van der Waals surface area (Å²) in [6.07, 6.45) is 0. The summed E-state index contributed by atoms with van der Waals surface area (Å²) in [5.74, 6) is 1.02. The Morgan fingerprint density at radius 2 is 2.14 bits per heavy atom. The van der Waals surface area contributed by atoms with Crippen LogP contribution < -0.4 is 4.90 Å². The van der Waals surface area contributed by atoms with E-state index in [0.29, 0.717) is 12.3 Å². The van der Waals surface area contributed by atoms with Crippen LogP contribution in [0.3, 0.4) is 0 Å². The van der Waals surface area contributed by atoms with Crippen LogP contribution in [-0.4, -0.2) is 45.9 Å². The van der Waals surface area contributed by atoms with Gasteiger partial charge in [0.15, 0.2) is 0 Å². The number of anilines is 1. The van der Waals surface area contributed by atoms with Gasteiger partial charge in [-0.05, 0) is 6.07 Å². The van der Waals surface area contributed by atoms with E-state index >= 15 is 0 Å². The van der Waals surface area contributed by atoms with Gasteiger partial charge in [0.1, 0.15) is 6.04 Å². The van der Waals surface area contributed by atoms with E-state index in [0.717, 1.165) is 16.7 Å². The quantitative estimate of drug-likeness (QED) is 0.472. The summed E-state index contributed by atoms with van der Waals surface area (Å²) in [6.45, 7) is 0.515. The number of imide groups is 1. The number of amides is 3.